The highest BCUT2D eigenvalue weighted by molar-refractivity contribution is 9.09. The molecule has 0 unspecified atom stereocenters. The van der Waals surface area contributed by atoms with Crippen LogP contribution in [-0.4, -0.2) is 22.9 Å². The highest BCUT2D eigenvalue weighted by atomic mass is 79.9. The number of anilines is 1. The Labute approximate surface area is 106 Å². The zero-order valence-corrected chi connectivity index (χ0v) is 11.4. The maximum absolute atomic E-state index is 4.17. The normalized spacial score (nSPS) is 15.9. The van der Waals surface area contributed by atoms with Crippen LogP contribution in [0, 0.1) is 6.92 Å². The third kappa shape index (κ3) is 2.57. The minimum absolute atomic E-state index is 0.764. The molecule has 2 nitrogen and oxygen atoms in total. The Morgan fingerprint density at radius 1 is 1.50 bits per heavy atom. The SMILES string of the molecule is Cc1cnccc1N(CCCBr)C1CCC1. The van der Waals surface area contributed by atoms with Crippen LogP contribution >= 0.6 is 15.9 Å². The van der Waals surface area contributed by atoms with Crippen LogP contribution < -0.4 is 4.90 Å². The van der Waals surface area contributed by atoms with Gasteiger partial charge in [0, 0.05) is 36.0 Å². The van der Waals surface area contributed by atoms with Crippen LogP contribution in [0.1, 0.15) is 31.2 Å². The van der Waals surface area contributed by atoms with Crippen molar-refractivity contribution in [3.8, 4) is 0 Å². The molecule has 0 saturated heterocycles. The van der Waals surface area contributed by atoms with Gasteiger partial charge in [0.15, 0.2) is 0 Å². The second-order valence-electron chi connectivity index (χ2n) is 4.48. The molecule has 0 aromatic carbocycles. The van der Waals surface area contributed by atoms with Crippen molar-refractivity contribution in [2.45, 2.75) is 38.6 Å². The Balaban J connectivity index is 2.13. The lowest BCUT2D eigenvalue weighted by Gasteiger charge is -2.40. The van der Waals surface area contributed by atoms with E-state index in [9.17, 15) is 0 Å². The zero-order chi connectivity index (χ0) is 11.4. The standard InChI is InChI=1S/C13H19BrN2/c1-11-10-15-8-6-13(11)16(9-3-7-14)12-4-2-5-12/h6,8,10,12H,2-5,7,9H2,1H3. The van der Waals surface area contributed by atoms with Gasteiger partial charge in [-0.05, 0) is 44.2 Å². The second kappa shape index (κ2) is 5.67. The van der Waals surface area contributed by atoms with Crippen molar-refractivity contribution in [3.63, 3.8) is 0 Å². The molecule has 1 aliphatic carbocycles. The third-order valence-corrected chi connectivity index (χ3v) is 3.91. The van der Waals surface area contributed by atoms with Crippen LogP contribution in [-0.2, 0) is 0 Å². The average molecular weight is 283 g/mol. The van der Waals surface area contributed by atoms with E-state index in [1.54, 1.807) is 0 Å². The lowest BCUT2D eigenvalue weighted by molar-refractivity contribution is 0.386. The molecule has 1 aliphatic rings. The number of hydrogen-bond acceptors (Lipinski definition) is 2. The summed E-state index contributed by atoms with van der Waals surface area (Å²) in [5.74, 6) is 0. The molecule has 1 aromatic heterocycles. The number of pyridine rings is 1. The van der Waals surface area contributed by atoms with Crippen molar-refractivity contribution in [1.29, 1.82) is 0 Å². The zero-order valence-electron chi connectivity index (χ0n) is 9.82. The van der Waals surface area contributed by atoms with E-state index in [-0.39, 0.29) is 0 Å². The number of alkyl halides is 1. The number of aromatic nitrogens is 1. The first-order chi connectivity index (χ1) is 7.83. The highest BCUT2D eigenvalue weighted by Crippen LogP contribution is 2.31. The quantitative estimate of drug-likeness (QED) is 0.768. The smallest absolute Gasteiger partial charge is 0.0429 e. The van der Waals surface area contributed by atoms with Gasteiger partial charge in [0.1, 0.15) is 0 Å². The molecule has 16 heavy (non-hydrogen) atoms. The number of halogens is 1. The number of rotatable bonds is 5. The molecule has 0 spiro atoms. The van der Waals surface area contributed by atoms with Gasteiger partial charge in [-0.15, -0.1) is 0 Å². The van der Waals surface area contributed by atoms with Crippen LogP contribution in [0.25, 0.3) is 0 Å². The average Bonchev–Trinajstić information content (AvgIpc) is 2.22. The van der Waals surface area contributed by atoms with Crippen LogP contribution in [0.2, 0.25) is 0 Å². The molecule has 0 N–H and O–H groups in total. The summed E-state index contributed by atoms with van der Waals surface area (Å²) in [7, 11) is 0. The molecule has 3 heteroatoms. The first-order valence-corrected chi connectivity index (χ1v) is 7.18. The fourth-order valence-corrected chi connectivity index (χ4v) is 2.47. The molecule has 0 atom stereocenters. The van der Waals surface area contributed by atoms with Gasteiger partial charge in [0.2, 0.25) is 0 Å². The van der Waals surface area contributed by atoms with E-state index in [1.807, 2.05) is 12.4 Å². The van der Waals surface area contributed by atoms with Crippen molar-refractivity contribution >= 4 is 21.6 Å². The van der Waals surface area contributed by atoms with Gasteiger partial charge in [-0.25, -0.2) is 0 Å². The van der Waals surface area contributed by atoms with Gasteiger partial charge < -0.3 is 4.90 Å². The van der Waals surface area contributed by atoms with Crippen LogP contribution in [0.5, 0.6) is 0 Å². The highest BCUT2D eigenvalue weighted by Gasteiger charge is 2.25. The van der Waals surface area contributed by atoms with E-state index in [0.717, 1.165) is 17.9 Å². The minimum Gasteiger partial charge on any atom is -0.368 e. The van der Waals surface area contributed by atoms with Crippen molar-refractivity contribution in [2.75, 3.05) is 16.8 Å². The summed E-state index contributed by atoms with van der Waals surface area (Å²) in [6, 6.07) is 2.92. The number of aryl methyl sites for hydroxylation is 1. The van der Waals surface area contributed by atoms with E-state index in [2.05, 4.69) is 38.8 Å². The minimum atomic E-state index is 0.764. The maximum Gasteiger partial charge on any atom is 0.0429 e. The Kier molecular flexibility index (Phi) is 4.22. The monoisotopic (exact) mass is 282 g/mol. The van der Waals surface area contributed by atoms with Gasteiger partial charge >= 0.3 is 0 Å². The number of nitrogens with zero attached hydrogens (tertiary/aromatic N) is 2. The van der Waals surface area contributed by atoms with Crippen LogP contribution in [0.3, 0.4) is 0 Å². The summed E-state index contributed by atoms with van der Waals surface area (Å²) < 4.78 is 0. The first-order valence-electron chi connectivity index (χ1n) is 6.06. The molecule has 0 aliphatic heterocycles. The Morgan fingerprint density at radius 2 is 2.31 bits per heavy atom. The molecule has 88 valence electrons. The topological polar surface area (TPSA) is 16.1 Å². The fourth-order valence-electron chi connectivity index (χ4n) is 2.22. The Bertz CT molecular complexity index is 336. The fraction of sp³-hybridized carbons (Fsp3) is 0.615. The van der Waals surface area contributed by atoms with E-state index >= 15 is 0 Å². The van der Waals surface area contributed by atoms with Crippen molar-refractivity contribution < 1.29 is 0 Å². The van der Waals surface area contributed by atoms with Crippen molar-refractivity contribution in [3.05, 3.63) is 24.0 Å². The number of hydrogen-bond donors (Lipinski definition) is 0. The first kappa shape index (κ1) is 11.9. The summed E-state index contributed by atoms with van der Waals surface area (Å²) in [6.45, 7) is 3.31. The van der Waals surface area contributed by atoms with E-state index in [4.69, 9.17) is 0 Å². The third-order valence-electron chi connectivity index (χ3n) is 3.35. The molecule has 2 rings (SSSR count). The van der Waals surface area contributed by atoms with Crippen LogP contribution in [0.4, 0.5) is 5.69 Å². The molecular formula is C13H19BrN2. The van der Waals surface area contributed by atoms with E-state index < -0.39 is 0 Å². The largest absolute Gasteiger partial charge is 0.368 e. The maximum atomic E-state index is 4.17. The predicted molar refractivity (Wildman–Crippen MR) is 72.4 cm³/mol. The lowest BCUT2D eigenvalue weighted by Crippen LogP contribution is -2.41. The van der Waals surface area contributed by atoms with E-state index in [1.165, 1.54) is 36.9 Å². The summed E-state index contributed by atoms with van der Waals surface area (Å²) in [5, 5.41) is 1.08. The molecular weight excluding hydrogens is 264 g/mol. The summed E-state index contributed by atoms with van der Waals surface area (Å²) in [5.41, 5.74) is 2.67. The Morgan fingerprint density at radius 3 is 2.88 bits per heavy atom. The summed E-state index contributed by atoms with van der Waals surface area (Å²) in [4.78, 5) is 6.75. The Hall–Kier alpha value is -0.570. The summed E-state index contributed by atoms with van der Waals surface area (Å²) in [6.07, 6.45) is 9.17. The van der Waals surface area contributed by atoms with E-state index in [0.29, 0.717) is 0 Å². The van der Waals surface area contributed by atoms with Gasteiger partial charge in [0.05, 0.1) is 0 Å². The molecule has 1 fully saturated rings. The molecule has 1 aromatic rings. The van der Waals surface area contributed by atoms with Gasteiger partial charge in [-0.2, -0.15) is 0 Å². The molecule has 0 bridgehead atoms. The van der Waals surface area contributed by atoms with Gasteiger partial charge in [0.25, 0.3) is 0 Å². The lowest BCUT2D eigenvalue weighted by atomic mass is 9.90. The van der Waals surface area contributed by atoms with Gasteiger partial charge in [-0.1, -0.05) is 15.9 Å². The molecule has 1 heterocycles. The molecule has 0 radical (unpaired) electrons. The van der Waals surface area contributed by atoms with Crippen LogP contribution in [0.15, 0.2) is 18.5 Å². The second-order valence-corrected chi connectivity index (χ2v) is 5.28. The predicted octanol–water partition coefficient (Wildman–Crippen LogP) is 3.53. The van der Waals surface area contributed by atoms with Crippen molar-refractivity contribution in [2.24, 2.45) is 0 Å². The summed E-state index contributed by atoms with van der Waals surface area (Å²) >= 11 is 3.52. The molecule has 1 saturated carbocycles. The van der Waals surface area contributed by atoms with Crippen molar-refractivity contribution in [1.82, 2.24) is 4.98 Å². The molecule has 0 amide bonds. The van der Waals surface area contributed by atoms with Gasteiger partial charge in [-0.3, -0.25) is 4.98 Å².